The number of carbonyl (C=O) groups is 1. The normalized spacial score (nSPS) is 10.6. The first-order chi connectivity index (χ1) is 7.91. The van der Waals surface area contributed by atoms with Gasteiger partial charge in [-0.05, 0) is 29.0 Å². The van der Waals surface area contributed by atoms with Crippen molar-refractivity contribution in [2.24, 2.45) is 0 Å². The highest BCUT2D eigenvalue weighted by molar-refractivity contribution is 9.10. The molecule has 0 spiro atoms. The maximum Gasteiger partial charge on any atom is 0.236 e. The molecule has 17 heavy (non-hydrogen) atoms. The summed E-state index contributed by atoms with van der Waals surface area (Å²) in [6, 6.07) is 5.49. The second-order valence-electron chi connectivity index (χ2n) is 4.21. The Bertz CT molecular complexity index is 407. The molecule has 0 saturated heterocycles. The minimum absolute atomic E-state index is 0.0435. The van der Waals surface area contributed by atoms with Crippen molar-refractivity contribution in [2.45, 2.75) is 6.54 Å². The van der Waals surface area contributed by atoms with Crippen LogP contribution in [0.3, 0.4) is 0 Å². The van der Waals surface area contributed by atoms with Gasteiger partial charge in [0.1, 0.15) is 5.75 Å². The molecule has 5 heteroatoms. The van der Waals surface area contributed by atoms with E-state index in [0.717, 1.165) is 5.56 Å². The summed E-state index contributed by atoms with van der Waals surface area (Å²) in [7, 11) is 5.31. The topological polar surface area (TPSA) is 43.8 Å². The number of carbonyl (C=O) groups excluding carboxylic acids is 1. The number of amides is 1. The van der Waals surface area contributed by atoms with Gasteiger partial charge >= 0.3 is 0 Å². The van der Waals surface area contributed by atoms with Crippen LogP contribution in [0, 0.1) is 0 Å². The molecular formula is C12H17BrN2O2. The van der Waals surface area contributed by atoms with Crippen LogP contribution in [-0.4, -0.2) is 48.5 Å². The molecule has 1 aromatic rings. The zero-order valence-electron chi connectivity index (χ0n) is 10.3. The summed E-state index contributed by atoms with van der Waals surface area (Å²) in [6.45, 7) is 0.865. The molecule has 4 nitrogen and oxygen atoms in total. The Morgan fingerprint density at radius 2 is 2.00 bits per heavy atom. The van der Waals surface area contributed by atoms with E-state index in [4.69, 9.17) is 0 Å². The molecule has 0 radical (unpaired) electrons. The molecular weight excluding hydrogens is 284 g/mol. The fourth-order valence-electron chi connectivity index (χ4n) is 1.41. The number of hydrogen-bond donors (Lipinski definition) is 1. The monoisotopic (exact) mass is 300 g/mol. The zero-order valence-corrected chi connectivity index (χ0v) is 11.9. The van der Waals surface area contributed by atoms with Gasteiger partial charge in [0.05, 0.1) is 11.0 Å². The van der Waals surface area contributed by atoms with Gasteiger partial charge in [0.25, 0.3) is 0 Å². The first-order valence-corrected chi connectivity index (χ1v) is 6.06. The van der Waals surface area contributed by atoms with Crippen molar-refractivity contribution in [1.29, 1.82) is 0 Å². The first-order valence-electron chi connectivity index (χ1n) is 5.27. The van der Waals surface area contributed by atoms with Crippen molar-refractivity contribution in [2.75, 3.05) is 27.7 Å². The van der Waals surface area contributed by atoms with Gasteiger partial charge in [0.2, 0.25) is 5.91 Å². The van der Waals surface area contributed by atoms with Crippen LogP contribution in [0.25, 0.3) is 0 Å². The van der Waals surface area contributed by atoms with Crippen LogP contribution in [0.2, 0.25) is 0 Å². The van der Waals surface area contributed by atoms with Gasteiger partial charge in [-0.15, -0.1) is 0 Å². The summed E-state index contributed by atoms with van der Waals surface area (Å²) in [5, 5.41) is 9.82. The summed E-state index contributed by atoms with van der Waals surface area (Å²) < 4.78 is 0.669. The minimum Gasteiger partial charge on any atom is -0.506 e. The largest absolute Gasteiger partial charge is 0.506 e. The molecule has 0 heterocycles. The quantitative estimate of drug-likeness (QED) is 0.920. The van der Waals surface area contributed by atoms with Crippen LogP contribution < -0.4 is 0 Å². The van der Waals surface area contributed by atoms with Gasteiger partial charge in [-0.1, -0.05) is 12.1 Å². The van der Waals surface area contributed by atoms with E-state index in [2.05, 4.69) is 15.9 Å². The first kappa shape index (κ1) is 14.0. The Morgan fingerprint density at radius 3 is 2.59 bits per heavy atom. The molecule has 0 atom stereocenters. The Morgan fingerprint density at radius 1 is 1.35 bits per heavy atom. The standard InChI is InChI=1S/C12H17BrN2O2/c1-14(2)11(16)8-15(3)7-9-5-4-6-10(13)12(9)17/h4-6,17H,7-8H2,1-3H3. The number of hydrogen-bond acceptors (Lipinski definition) is 3. The average molecular weight is 301 g/mol. The molecule has 0 aliphatic rings. The lowest BCUT2D eigenvalue weighted by Crippen LogP contribution is -2.34. The Hall–Kier alpha value is -1.07. The minimum atomic E-state index is 0.0435. The molecule has 1 aromatic carbocycles. The number of phenols is 1. The maximum atomic E-state index is 11.5. The zero-order chi connectivity index (χ0) is 13.0. The lowest BCUT2D eigenvalue weighted by atomic mass is 10.2. The van der Waals surface area contributed by atoms with Gasteiger partial charge in [0.15, 0.2) is 0 Å². The summed E-state index contributed by atoms with van der Waals surface area (Å²) in [4.78, 5) is 14.9. The third-order valence-electron chi connectivity index (χ3n) is 2.41. The van der Waals surface area contributed by atoms with Crippen molar-refractivity contribution in [3.05, 3.63) is 28.2 Å². The number of benzene rings is 1. The number of para-hydroxylation sites is 1. The molecule has 0 fully saturated rings. The van der Waals surface area contributed by atoms with Gasteiger partial charge in [-0.3, -0.25) is 9.69 Å². The van der Waals surface area contributed by atoms with E-state index in [1.54, 1.807) is 25.1 Å². The second-order valence-corrected chi connectivity index (χ2v) is 5.06. The maximum absolute atomic E-state index is 11.5. The molecule has 0 aliphatic heterocycles. The molecule has 94 valence electrons. The highest BCUT2D eigenvalue weighted by Gasteiger charge is 2.11. The molecule has 1 rings (SSSR count). The van der Waals surface area contributed by atoms with Crippen molar-refractivity contribution in [3.8, 4) is 5.75 Å². The lowest BCUT2D eigenvalue weighted by Gasteiger charge is -2.19. The van der Waals surface area contributed by atoms with Gasteiger partial charge < -0.3 is 10.0 Å². The number of rotatable bonds is 4. The van der Waals surface area contributed by atoms with Crippen LogP contribution in [0.5, 0.6) is 5.75 Å². The van der Waals surface area contributed by atoms with E-state index < -0.39 is 0 Å². The van der Waals surface area contributed by atoms with Gasteiger partial charge in [-0.2, -0.15) is 0 Å². The van der Waals surface area contributed by atoms with Crippen molar-refractivity contribution >= 4 is 21.8 Å². The SMILES string of the molecule is CN(CC(=O)N(C)C)Cc1cccc(Br)c1O. The fourth-order valence-corrected chi connectivity index (χ4v) is 1.81. The highest BCUT2D eigenvalue weighted by Crippen LogP contribution is 2.27. The van der Waals surface area contributed by atoms with Crippen LogP contribution in [0.4, 0.5) is 0 Å². The molecule has 0 unspecified atom stereocenters. The van der Waals surface area contributed by atoms with E-state index in [1.165, 1.54) is 0 Å². The average Bonchev–Trinajstić information content (AvgIpc) is 2.24. The number of halogens is 1. The van der Waals surface area contributed by atoms with E-state index in [0.29, 0.717) is 17.6 Å². The van der Waals surface area contributed by atoms with Gasteiger partial charge in [0, 0.05) is 26.2 Å². The number of nitrogens with zero attached hydrogens (tertiary/aromatic N) is 2. The molecule has 0 bridgehead atoms. The van der Waals surface area contributed by atoms with E-state index >= 15 is 0 Å². The summed E-state index contributed by atoms with van der Waals surface area (Å²) in [5.41, 5.74) is 0.799. The predicted octanol–water partition coefficient (Wildman–Crippen LogP) is 1.67. The number of phenolic OH excluding ortho intramolecular Hbond substituents is 1. The van der Waals surface area contributed by atoms with Crippen molar-refractivity contribution in [3.63, 3.8) is 0 Å². The van der Waals surface area contributed by atoms with Crippen molar-refractivity contribution in [1.82, 2.24) is 9.80 Å². The van der Waals surface area contributed by atoms with E-state index in [1.807, 2.05) is 24.1 Å². The molecule has 0 aromatic heterocycles. The smallest absolute Gasteiger partial charge is 0.236 e. The van der Waals surface area contributed by atoms with Crippen LogP contribution in [0.1, 0.15) is 5.56 Å². The Balaban J connectivity index is 2.65. The van der Waals surface area contributed by atoms with E-state index in [9.17, 15) is 9.90 Å². The summed E-state index contributed by atoms with van der Waals surface area (Å²) in [6.07, 6.45) is 0. The predicted molar refractivity (Wildman–Crippen MR) is 70.8 cm³/mol. The van der Waals surface area contributed by atoms with E-state index in [-0.39, 0.29) is 11.7 Å². The fraction of sp³-hybridized carbons (Fsp3) is 0.417. The number of likely N-dealkylation sites (N-methyl/N-ethyl adjacent to an activating group) is 2. The molecule has 1 amide bonds. The van der Waals surface area contributed by atoms with Crippen LogP contribution >= 0.6 is 15.9 Å². The van der Waals surface area contributed by atoms with Crippen LogP contribution in [-0.2, 0) is 11.3 Å². The van der Waals surface area contributed by atoms with Crippen LogP contribution in [0.15, 0.2) is 22.7 Å². The Kier molecular flexibility index (Phi) is 4.96. The third-order valence-corrected chi connectivity index (χ3v) is 3.05. The van der Waals surface area contributed by atoms with Crippen molar-refractivity contribution < 1.29 is 9.90 Å². The summed E-state index contributed by atoms with van der Waals surface area (Å²) in [5.74, 6) is 0.277. The highest BCUT2D eigenvalue weighted by atomic mass is 79.9. The molecule has 0 aliphatic carbocycles. The third kappa shape index (κ3) is 4.02. The lowest BCUT2D eigenvalue weighted by molar-refractivity contribution is -0.129. The van der Waals surface area contributed by atoms with Gasteiger partial charge in [-0.25, -0.2) is 0 Å². The molecule has 0 saturated carbocycles. The summed E-state index contributed by atoms with van der Waals surface area (Å²) >= 11 is 3.27. The Labute approximate surface area is 110 Å². The number of aromatic hydroxyl groups is 1. The molecule has 1 N–H and O–H groups in total. The second kappa shape index (κ2) is 6.02.